The maximum Gasteiger partial charge on any atom is 0.256 e. The molecule has 2 N–H and O–H groups in total. The maximum absolute atomic E-state index is 12.5. The Balaban J connectivity index is 1.73. The number of nitrogens with zero attached hydrogens (tertiary/aromatic N) is 3. The van der Waals surface area contributed by atoms with E-state index in [4.69, 9.17) is 0 Å². The first-order valence-electron chi connectivity index (χ1n) is 7.06. The highest BCUT2D eigenvalue weighted by molar-refractivity contribution is 7.10. The van der Waals surface area contributed by atoms with E-state index in [-0.39, 0.29) is 11.9 Å². The number of amides is 1. The Morgan fingerprint density at radius 3 is 3.05 bits per heavy atom. The minimum Gasteiger partial charge on any atom is -0.378 e. The fourth-order valence-electron chi connectivity index (χ4n) is 2.77. The lowest BCUT2D eigenvalue weighted by Crippen LogP contribution is -2.41. The number of anilines is 1. The largest absolute Gasteiger partial charge is 0.378 e. The molecule has 1 unspecified atom stereocenters. The third kappa shape index (κ3) is 2.65. The number of aryl methyl sites for hydroxylation is 3. The Hall–Kier alpha value is -1.89. The van der Waals surface area contributed by atoms with Crippen LogP contribution < -0.4 is 10.6 Å². The number of carbonyl (C=O) groups is 1. The van der Waals surface area contributed by atoms with Gasteiger partial charge in [0.1, 0.15) is 10.8 Å². The molecule has 0 aromatic carbocycles. The molecule has 2 aromatic heterocycles. The van der Waals surface area contributed by atoms with E-state index >= 15 is 0 Å². The summed E-state index contributed by atoms with van der Waals surface area (Å²) in [5.74, 6) is 1.07. The van der Waals surface area contributed by atoms with E-state index in [1.807, 2.05) is 27.1 Å². The Kier molecular flexibility index (Phi) is 3.67. The summed E-state index contributed by atoms with van der Waals surface area (Å²) in [6, 6.07) is 0.141. The summed E-state index contributed by atoms with van der Waals surface area (Å²) in [6.45, 7) is 4.65. The van der Waals surface area contributed by atoms with Crippen molar-refractivity contribution >= 4 is 22.4 Å². The lowest BCUT2D eigenvalue weighted by atomic mass is 10.1. The van der Waals surface area contributed by atoms with Crippen molar-refractivity contribution < 1.29 is 4.79 Å². The van der Waals surface area contributed by atoms with Gasteiger partial charge in [0.2, 0.25) is 0 Å². The normalized spacial score (nSPS) is 17.4. The van der Waals surface area contributed by atoms with E-state index in [1.54, 1.807) is 0 Å². The highest BCUT2D eigenvalue weighted by Gasteiger charge is 2.24. The van der Waals surface area contributed by atoms with Crippen LogP contribution in [0.25, 0.3) is 0 Å². The summed E-state index contributed by atoms with van der Waals surface area (Å²) >= 11 is 1.32. The van der Waals surface area contributed by atoms with Crippen molar-refractivity contribution in [3.63, 3.8) is 0 Å². The Morgan fingerprint density at radius 2 is 2.29 bits per heavy atom. The number of hydrogen-bond acceptors (Lipinski definition) is 5. The van der Waals surface area contributed by atoms with Crippen LogP contribution in [0.15, 0.2) is 6.20 Å². The molecule has 0 fully saturated rings. The molecule has 0 saturated carbocycles. The average Bonchev–Trinajstić information content (AvgIpc) is 2.99. The molecule has 112 valence electrons. The fraction of sp³-hybridized carbons (Fsp3) is 0.500. The van der Waals surface area contributed by atoms with Gasteiger partial charge in [-0.2, -0.15) is 4.37 Å². The number of nitrogens with one attached hydrogen (secondary N) is 2. The molecule has 1 amide bonds. The van der Waals surface area contributed by atoms with Gasteiger partial charge in [-0.15, -0.1) is 0 Å². The Bertz CT molecular complexity index is 675. The van der Waals surface area contributed by atoms with Crippen molar-refractivity contribution in [2.75, 3.05) is 12.4 Å². The highest BCUT2D eigenvalue weighted by atomic mass is 32.1. The molecule has 3 heterocycles. The van der Waals surface area contributed by atoms with Gasteiger partial charge in [0.25, 0.3) is 5.91 Å². The van der Waals surface area contributed by atoms with Crippen molar-refractivity contribution in [1.29, 1.82) is 0 Å². The van der Waals surface area contributed by atoms with Crippen LogP contribution in [0.1, 0.15) is 34.0 Å². The minimum atomic E-state index is -0.0455. The quantitative estimate of drug-likeness (QED) is 0.906. The molecule has 21 heavy (non-hydrogen) atoms. The van der Waals surface area contributed by atoms with E-state index in [0.717, 1.165) is 41.6 Å². The molecule has 0 bridgehead atoms. The monoisotopic (exact) mass is 305 g/mol. The number of carbonyl (C=O) groups excluding carboxylic acids is 1. The first-order chi connectivity index (χ1) is 10.1. The van der Waals surface area contributed by atoms with E-state index < -0.39 is 0 Å². The average molecular weight is 305 g/mol. The maximum atomic E-state index is 12.5. The zero-order valence-electron chi connectivity index (χ0n) is 12.4. The standard InChI is InChI=1S/C14H19N5OS/c1-8-6-19-7-10(4-5-11(19)16-8)17-13(20)12-9(2)18-21-14(12)15-3/h6,10,15H,4-5,7H2,1-3H3,(H,17,20). The molecule has 1 aliphatic heterocycles. The summed E-state index contributed by atoms with van der Waals surface area (Å²) in [7, 11) is 1.81. The van der Waals surface area contributed by atoms with Gasteiger partial charge in [-0.1, -0.05) is 0 Å². The molecule has 0 radical (unpaired) electrons. The van der Waals surface area contributed by atoms with Crippen LogP contribution in [0.2, 0.25) is 0 Å². The molecule has 0 saturated heterocycles. The fourth-order valence-corrected chi connectivity index (χ4v) is 3.51. The predicted molar refractivity (Wildman–Crippen MR) is 82.9 cm³/mol. The summed E-state index contributed by atoms with van der Waals surface area (Å²) in [4.78, 5) is 17.0. The second-order valence-corrected chi connectivity index (χ2v) is 6.16. The molecular formula is C14H19N5OS. The molecule has 0 spiro atoms. The third-order valence-corrected chi connectivity index (χ3v) is 4.72. The molecule has 1 atom stereocenters. The second-order valence-electron chi connectivity index (χ2n) is 5.38. The van der Waals surface area contributed by atoms with E-state index in [1.165, 1.54) is 11.5 Å². The van der Waals surface area contributed by atoms with E-state index in [9.17, 15) is 4.79 Å². The SMILES string of the molecule is CNc1snc(C)c1C(=O)NC1CCc2nc(C)cn2C1. The zero-order chi connectivity index (χ0) is 15.0. The molecule has 3 rings (SSSR count). The lowest BCUT2D eigenvalue weighted by molar-refractivity contribution is 0.0928. The van der Waals surface area contributed by atoms with Gasteiger partial charge in [0, 0.05) is 32.3 Å². The van der Waals surface area contributed by atoms with Gasteiger partial charge in [-0.25, -0.2) is 4.98 Å². The summed E-state index contributed by atoms with van der Waals surface area (Å²) in [6.07, 6.45) is 3.87. The van der Waals surface area contributed by atoms with Crippen molar-refractivity contribution in [1.82, 2.24) is 19.2 Å². The van der Waals surface area contributed by atoms with Gasteiger partial charge in [0.15, 0.2) is 0 Å². The predicted octanol–water partition coefficient (Wildman–Crippen LogP) is 1.74. The van der Waals surface area contributed by atoms with Crippen molar-refractivity contribution in [2.45, 2.75) is 39.3 Å². The van der Waals surface area contributed by atoms with Gasteiger partial charge in [0.05, 0.1) is 17.0 Å². The smallest absolute Gasteiger partial charge is 0.256 e. The molecule has 7 heteroatoms. The van der Waals surface area contributed by atoms with Gasteiger partial charge in [-0.3, -0.25) is 4.79 Å². The van der Waals surface area contributed by atoms with Crippen LogP contribution in [-0.2, 0) is 13.0 Å². The van der Waals surface area contributed by atoms with Gasteiger partial charge < -0.3 is 15.2 Å². The van der Waals surface area contributed by atoms with Gasteiger partial charge >= 0.3 is 0 Å². The van der Waals surface area contributed by atoms with Crippen LogP contribution in [0.4, 0.5) is 5.00 Å². The van der Waals surface area contributed by atoms with Gasteiger partial charge in [-0.05, 0) is 31.8 Å². The lowest BCUT2D eigenvalue weighted by Gasteiger charge is -2.24. The third-order valence-electron chi connectivity index (χ3n) is 3.77. The second kappa shape index (κ2) is 5.48. The van der Waals surface area contributed by atoms with Crippen LogP contribution >= 0.6 is 11.5 Å². The van der Waals surface area contributed by atoms with E-state index in [0.29, 0.717) is 5.56 Å². The topological polar surface area (TPSA) is 71.8 Å². The van der Waals surface area contributed by atoms with Crippen molar-refractivity contribution in [2.24, 2.45) is 0 Å². The van der Waals surface area contributed by atoms with Crippen LogP contribution in [0.3, 0.4) is 0 Å². The summed E-state index contributed by atoms with van der Waals surface area (Å²) in [5, 5.41) is 6.98. The number of fused-ring (bicyclic) bond motifs is 1. The first kappa shape index (κ1) is 14.1. The van der Waals surface area contributed by atoms with Crippen LogP contribution in [0.5, 0.6) is 0 Å². The van der Waals surface area contributed by atoms with Crippen molar-refractivity contribution in [3.8, 4) is 0 Å². The van der Waals surface area contributed by atoms with Crippen molar-refractivity contribution in [3.05, 3.63) is 29.0 Å². The molecule has 0 aliphatic carbocycles. The molecular weight excluding hydrogens is 286 g/mol. The van der Waals surface area contributed by atoms with E-state index in [2.05, 4.69) is 24.6 Å². The number of aromatic nitrogens is 3. The molecule has 6 nitrogen and oxygen atoms in total. The minimum absolute atomic E-state index is 0.0455. The number of rotatable bonds is 3. The Labute approximate surface area is 127 Å². The Morgan fingerprint density at radius 1 is 1.48 bits per heavy atom. The summed E-state index contributed by atoms with van der Waals surface area (Å²) < 4.78 is 6.38. The summed E-state index contributed by atoms with van der Waals surface area (Å²) in [5.41, 5.74) is 2.47. The zero-order valence-corrected chi connectivity index (χ0v) is 13.3. The first-order valence-corrected chi connectivity index (χ1v) is 7.83. The highest BCUT2D eigenvalue weighted by Crippen LogP contribution is 2.24. The number of hydrogen-bond donors (Lipinski definition) is 2. The molecule has 1 aliphatic rings. The molecule has 2 aromatic rings. The van der Waals surface area contributed by atoms with Crippen LogP contribution in [-0.4, -0.2) is 32.9 Å². The number of imidazole rings is 1. The van der Waals surface area contributed by atoms with Crippen LogP contribution in [0, 0.1) is 13.8 Å².